The van der Waals surface area contributed by atoms with Gasteiger partial charge in [-0.2, -0.15) is 0 Å². The van der Waals surface area contributed by atoms with E-state index in [0.717, 1.165) is 23.3 Å². The lowest BCUT2D eigenvalue weighted by Crippen LogP contribution is -2.51. The third-order valence-electron chi connectivity index (χ3n) is 6.01. The first-order chi connectivity index (χ1) is 13.0. The molecule has 0 radical (unpaired) electrons. The van der Waals surface area contributed by atoms with Crippen molar-refractivity contribution in [1.29, 1.82) is 0 Å². The monoisotopic (exact) mass is 389 g/mol. The van der Waals surface area contributed by atoms with Crippen LogP contribution < -0.4 is 10.6 Å². The number of urea groups is 1. The first-order valence-corrected chi connectivity index (χ1v) is 9.72. The van der Waals surface area contributed by atoms with Gasteiger partial charge in [0, 0.05) is 0 Å². The summed E-state index contributed by atoms with van der Waals surface area (Å²) >= 11 is 0. The maximum atomic E-state index is 13.8. The maximum absolute atomic E-state index is 13.8. The van der Waals surface area contributed by atoms with Crippen LogP contribution in [0.25, 0.3) is 0 Å². The molecule has 0 atom stereocenters. The molecular weight excluding hydrogens is 361 g/mol. The first-order valence-electron chi connectivity index (χ1n) is 9.72. The van der Waals surface area contributed by atoms with Gasteiger partial charge in [-0.05, 0) is 61.6 Å². The lowest BCUT2D eigenvalue weighted by Gasteiger charge is -2.40. The van der Waals surface area contributed by atoms with Crippen LogP contribution in [0.15, 0.2) is 18.2 Å². The molecule has 6 nitrogen and oxygen atoms in total. The predicted octanol–water partition coefficient (Wildman–Crippen LogP) is 3.60. The van der Waals surface area contributed by atoms with Crippen LogP contribution in [-0.4, -0.2) is 34.8 Å². The number of hydrogen-bond acceptors (Lipinski definition) is 3. The van der Waals surface area contributed by atoms with Crippen molar-refractivity contribution < 1.29 is 18.8 Å². The summed E-state index contributed by atoms with van der Waals surface area (Å²) in [5, 5.41) is 5.26. The highest BCUT2D eigenvalue weighted by Crippen LogP contribution is 2.43. The van der Waals surface area contributed by atoms with Gasteiger partial charge < -0.3 is 10.6 Å². The molecule has 0 bridgehead atoms. The van der Waals surface area contributed by atoms with E-state index in [9.17, 15) is 18.8 Å². The molecule has 28 heavy (non-hydrogen) atoms. The fraction of sp³-hybridized carbons (Fsp3) is 0.571. The van der Waals surface area contributed by atoms with Gasteiger partial charge in [0.1, 0.15) is 17.9 Å². The normalized spacial score (nSPS) is 25.2. The highest BCUT2D eigenvalue weighted by atomic mass is 19.1. The Kier molecular flexibility index (Phi) is 5.21. The SMILES string of the molecule is Cc1ccc(F)c(NC(=O)CN2C(=O)NC3(CCC(C(C)(C)C)CC3)C2=O)c1. The minimum atomic E-state index is -0.909. The lowest BCUT2D eigenvalue weighted by molar-refractivity contribution is -0.135. The second-order valence-electron chi connectivity index (χ2n) is 9.08. The Hall–Kier alpha value is -2.44. The summed E-state index contributed by atoms with van der Waals surface area (Å²) in [6.45, 7) is 7.91. The Labute approximate surface area is 164 Å². The second-order valence-corrected chi connectivity index (χ2v) is 9.08. The number of halogens is 1. The quantitative estimate of drug-likeness (QED) is 0.776. The maximum Gasteiger partial charge on any atom is 0.325 e. The summed E-state index contributed by atoms with van der Waals surface area (Å²) < 4.78 is 13.8. The van der Waals surface area contributed by atoms with Crippen molar-refractivity contribution in [3.05, 3.63) is 29.6 Å². The van der Waals surface area contributed by atoms with Gasteiger partial charge in [0.25, 0.3) is 5.91 Å². The smallest absolute Gasteiger partial charge is 0.323 e. The molecule has 0 unspecified atom stereocenters. The minimum Gasteiger partial charge on any atom is -0.323 e. The predicted molar refractivity (Wildman–Crippen MR) is 104 cm³/mol. The van der Waals surface area contributed by atoms with Crippen LogP contribution in [0.2, 0.25) is 0 Å². The molecule has 1 aromatic carbocycles. The largest absolute Gasteiger partial charge is 0.325 e. The summed E-state index contributed by atoms with van der Waals surface area (Å²) in [6, 6.07) is 3.81. The number of anilines is 1. The highest BCUT2D eigenvalue weighted by molar-refractivity contribution is 6.10. The molecule has 2 aliphatic rings. The van der Waals surface area contributed by atoms with Crippen LogP contribution in [-0.2, 0) is 9.59 Å². The van der Waals surface area contributed by atoms with Crippen LogP contribution in [0, 0.1) is 24.1 Å². The van der Waals surface area contributed by atoms with Gasteiger partial charge in [-0.3, -0.25) is 14.5 Å². The molecule has 1 heterocycles. The van der Waals surface area contributed by atoms with Gasteiger partial charge in [0.2, 0.25) is 5.91 Å². The van der Waals surface area contributed by atoms with Gasteiger partial charge in [-0.1, -0.05) is 26.8 Å². The average Bonchev–Trinajstić information content (AvgIpc) is 2.82. The van der Waals surface area contributed by atoms with Gasteiger partial charge in [-0.15, -0.1) is 0 Å². The molecule has 1 saturated carbocycles. The van der Waals surface area contributed by atoms with Crippen molar-refractivity contribution in [2.24, 2.45) is 11.3 Å². The van der Waals surface area contributed by atoms with E-state index in [-0.39, 0.29) is 17.0 Å². The fourth-order valence-electron chi connectivity index (χ4n) is 4.20. The number of imide groups is 1. The van der Waals surface area contributed by atoms with Crippen LogP contribution in [0.1, 0.15) is 52.0 Å². The summed E-state index contributed by atoms with van der Waals surface area (Å²) in [5.41, 5.74) is 0.0806. The average molecular weight is 389 g/mol. The van der Waals surface area contributed by atoms with Crippen molar-refractivity contribution in [2.45, 2.75) is 58.9 Å². The summed E-state index contributed by atoms with van der Waals surface area (Å²) in [6.07, 6.45) is 2.85. The standard InChI is InChI=1S/C21H28FN3O3/c1-13-5-6-15(22)16(11-13)23-17(26)12-25-18(27)21(24-19(25)28)9-7-14(8-10-21)20(2,3)4/h5-6,11,14H,7-10,12H2,1-4H3,(H,23,26)(H,24,28). The Bertz CT molecular complexity index is 808. The molecule has 152 valence electrons. The van der Waals surface area contributed by atoms with Crippen LogP contribution in [0.4, 0.5) is 14.9 Å². The van der Waals surface area contributed by atoms with Gasteiger partial charge in [-0.25, -0.2) is 9.18 Å². The molecule has 1 aliphatic heterocycles. The zero-order chi connectivity index (χ0) is 20.7. The van der Waals surface area contributed by atoms with Gasteiger partial charge >= 0.3 is 6.03 Å². The van der Waals surface area contributed by atoms with Gasteiger partial charge in [0.05, 0.1) is 5.69 Å². The van der Waals surface area contributed by atoms with E-state index in [4.69, 9.17) is 0 Å². The topological polar surface area (TPSA) is 78.5 Å². The zero-order valence-corrected chi connectivity index (χ0v) is 16.9. The number of aryl methyl sites for hydroxylation is 1. The number of carbonyl (C=O) groups excluding carboxylic acids is 3. The molecule has 7 heteroatoms. The molecule has 1 aliphatic carbocycles. The van der Waals surface area contributed by atoms with Crippen molar-refractivity contribution in [1.82, 2.24) is 10.2 Å². The van der Waals surface area contributed by atoms with Crippen molar-refractivity contribution >= 4 is 23.5 Å². The van der Waals surface area contributed by atoms with Crippen LogP contribution >= 0.6 is 0 Å². The number of rotatable bonds is 3. The number of benzene rings is 1. The second kappa shape index (κ2) is 7.18. The van der Waals surface area contributed by atoms with Crippen LogP contribution in [0.5, 0.6) is 0 Å². The molecule has 2 fully saturated rings. The molecular formula is C21H28FN3O3. The molecule has 1 spiro atoms. The number of amides is 4. The number of carbonyl (C=O) groups is 3. The third kappa shape index (κ3) is 3.88. The first kappa shape index (κ1) is 20.3. The Morgan fingerprint density at radius 2 is 1.93 bits per heavy atom. The zero-order valence-electron chi connectivity index (χ0n) is 16.9. The van der Waals surface area contributed by atoms with Crippen LogP contribution in [0.3, 0.4) is 0 Å². The molecule has 3 rings (SSSR count). The van der Waals surface area contributed by atoms with E-state index >= 15 is 0 Å². The van der Waals surface area contributed by atoms with E-state index in [1.165, 1.54) is 12.1 Å². The summed E-state index contributed by atoms with van der Waals surface area (Å²) in [7, 11) is 0. The van der Waals surface area contributed by atoms with E-state index in [0.29, 0.717) is 18.8 Å². The lowest BCUT2D eigenvalue weighted by atomic mass is 9.67. The highest BCUT2D eigenvalue weighted by Gasteiger charge is 2.53. The Balaban J connectivity index is 1.66. The van der Waals surface area contributed by atoms with Crippen molar-refractivity contribution in [3.8, 4) is 0 Å². The summed E-state index contributed by atoms with van der Waals surface area (Å²) in [5.74, 6) is -1.03. The minimum absolute atomic E-state index is 0.0393. The Morgan fingerprint density at radius 3 is 2.54 bits per heavy atom. The molecule has 1 saturated heterocycles. The molecule has 2 N–H and O–H groups in total. The van der Waals surface area contributed by atoms with E-state index in [1.807, 2.05) is 0 Å². The van der Waals surface area contributed by atoms with E-state index < -0.39 is 29.8 Å². The third-order valence-corrected chi connectivity index (χ3v) is 6.01. The van der Waals surface area contributed by atoms with Gasteiger partial charge in [0.15, 0.2) is 0 Å². The number of hydrogen-bond donors (Lipinski definition) is 2. The van der Waals surface area contributed by atoms with E-state index in [1.54, 1.807) is 13.0 Å². The Morgan fingerprint density at radius 1 is 1.29 bits per heavy atom. The molecule has 0 aromatic heterocycles. The van der Waals surface area contributed by atoms with Crippen molar-refractivity contribution in [3.63, 3.8) is 0 Å². The number of nitrogens with one attached hydrogen (secondary N) is 2. The van der Waals surface area contributed by atoms with Crippen molar-refractivity contribution in [2.75, 3.05) is 11.9 Å². The summed E-state index contributed by atoms with van der Waals surface area (Å²) in [4.78, 5) is 38.6. The number of nitrogens with zero attached hydrogens (tertiary/aromatic N) is 1. The van der Waals surface area contributed by atoms with E-state index in [2.05, 4.69) is 31.4 Å². The molecule has 1 aromatic rings. The fourth-order valence-corrected chi connectivity index (χ4v) is 4.20. The molecule has 4 amide bonds.